The van der Waals surface area contributed by atoms with Gasteiger partial charge in [0.05, 0.1) is 4.92 Å². The first kappa shape index (κ1) is 11.8. The van der Waals surface area contributed by atoms with Gasteiger partial charge in [0.2, 0.25) is 0 Å². The first-order valence-corrected chi connectivity index (χ1v) is 6.08. The van der Waals surface area contributed by atoms with E-state index < -0.39 is 0 Å². The van der Waals surface area contributed by atoms with E-state index >= 15 is 0 Å². The second-order valence-electron chi connectivity index (χ2n) is 4.73. The van der Waals surface area contributed by atoms with E-state index in [2.05, 4.69) is 6.58 Å². The van der Waals surface area contributed by atoms with Gasteiger partial charge in [0.1, 0.15) is 0 Å². The van der Waals surface area contributed by atoms with Crippen molar-refractivity contribution < 1.29 is 4.92 Å². The molecule has 0 N–H and O–H groups in total. The molecule has 2 rings (SSSR count). The normalized spacial score (nSPS) is 20.2. The van der Waals surface area contributed by atoms with Crippen molar-refractivity contribution in [3.63, 3.8) is 0 Å². The van der Waals surface area contributed by atoms with Crippen molar-refractivity contribution in [1.82, 2.24) is 0 Å². The van der Waals surface area contributed by atoms with Crippen LogP contribution >= 0.6 is 0 Å². The van der Waals surface area contributed by atoms with Gasteiger partial charge in [-0.2, -0.15) is 0 Å². The number of benzene rings is 1. The van der Waals surface area contributed by atoms with Gasteiger partial charge in [-0.3, -0.25) is 10.1 Å². The van der Waals surface area contributed by atoms with E-state index in [4.69, 9.17) is 0 Å². The van der Waals surface area contributed by atoms with E-state index in [0.29, 0.717) is 5.92 Å². The minimum absolute atomic E-state index is 0.163. The smallest absolute Gasteiger partial charge is 0.258 e. The lowest BCUT2D eigenvalue weighted by Crippen LogP contribution is -2.12. The van der Waals surface area contributed by atoms with Crippen molar-refractivity contribution in [3.8, 4) is 0 Å². The molecule has 0 amide bonds. The van der Waals surface area contributed by atoms with Crippen molar-refractivity contribution in [2.45, 2.75) is 32.1 Å². The zero-order valence-electron chi connectivity index (χ0n) is 9.89. The summed E-state index contributed by atoms with van der Waals surface area (Å²) in [6, 6.07) is 6.89. The SMILES string of the molecule is C=C1CCCCC1Cc1ccc([N+](=O)[O-])cc1. The molecule has 1 fully saturated rings. The lowest BCUT2D eigenvalue weighted by atomic mass is 9.81. The minimum Gasteiger partial charge on any atom is -0.258 e. The van der Waals surface area contributed by atoms with Crippen LogP contribution in [0.4, 0.5) is 5.69 Å². The summed E-state index contributed by atoms with van der Waals surface area (Å²) in [4.78, 5) is 10.2. The average Bonchev–Trinajstić information content (AvgIpc) is 2.33. The molecule has 0 aromatic heterocycles. The molecule has 1 aromatic carbocycles. The van der Waals surface area contributed by atoms with Gasteiger partial charge >= 0.3 is 0 Å². The molecule has 1 aliphatic rings. The summed E-state index contributed by atoms with van der Waals surface area (Å²) in [5.74, 6) is 0.560. The van der Waals surface area contributed by atoms with Gasteiger partial charge < -0.3 is 0 Å². The Hall–Kier alpha value is -1.64. The Morgan fingerprint density at radius 1 is 1.29 bits per heavy atom. The number of hydrogen-bond donors (Lipinski definition) is 0. The fourth-order valence-corrected chi connectivity index (χ4v) is 2.44. The van der Waals surface area contributed by atoms with Crippen LogP contribution in [0.3, 0.4) is 0 Å². The van der Waals surface area contributed by atoms with Gasteiger partial charge in [-0.05, 0) is 37.2 Å². The topological polar surface area (TPSA) is 43.1 Å². The summed E-state index contributed by atoms with van der Waals surface area (Å²) < 4.78 is 0. The maximum absolute atomic E-state index is 10.5. The number of nitro benzene ring substituents is 1. The van der Waals surface area contributed by atoms with E-state index in [0.717, 1.165) is 12.8 Å². The summed E-state index contributed by atoms with van der Waals surface area (Å²) in [5, 5.41) is 10.5. The van der Waals surface area contributed by atoms with Crippen LogP contribution in [0.15, 0.2) is 36.4 Å². The molecule has 1 saturated carbocycles. The second-order valence-corrected chi connectivity index (χ2v) is 4.73. The molecule has 1 atom stereocenters. The van der Waals surface area contributed by atoms with E-state index in [1.54, 1.807) is 12.1 Å². The number of nitro groups is 1. The van der Waals surface area contributed by atoms with Crippen LogP contribution in [0, 0.1) is 16.0 Å². The van der Waals surface area contributed by atoms with Crippen molar-refractivity contribution in [3.05, 3.63) is 52.1 Å². The first-order valence-electron chi connectivity index (χ1n) is 6.08. The van der Waals surface area contributed by atoms with E-state index in [-0.39, 0.29) is 10.6 Å². The van der Waals surface area contributed by atoms with Gasteiger partial charge in [0, 0.05) is 12.1 Å². The van der Waals surface area contributed by atoms with Crippen molar-refractivity contribution in [2.24, 2.45) is 5.92 Å². The maximum atomic E-state index is 10.5. The van der Waals surface area contributed by atoms with Crippen LogP contribution in [0.2, 0.25) is 0 Å². The number of allylic oxidation sites excluding steroid dienone is 1. The van der Waals surface area contributed by atoms with Crippen molar-refractivity contribution in [2.75, 3.05) is 0 Å². The second kappa shape index (κ2) is 5.13. The first-order chi connectivity index (χ1) is 8.16. The lowest BCUT2D eigenvalue weighted by Gasteiger charge is -2.24. The Morgan fingerprint density at radius 2 is 2.00 bits per heavy atom. The molecule has 3 heteroatoms. The third-order valence-electron chi connectivity index (χ3n) is 3.51. The number of non-ortho nitro benzene ring substituents is 1. The molecule has 0 heterocycles. The van der Waals surface area contributed by atoms with Gasteiger partial charge in [0.15, 0.2) is 0 Å². The summed E-state index contributed by atoms with van der Waals surface area (Å²) in [7, 11) is 0. The highest BCUT2D eigenvalue weighted by atomic mass is 16.6. The maximum Gasteiger partial charge on any atom is 0.269 e. The monoisotopic (exact) mass is 231 g/mol. The molecule has 17 heavy (non-hydrogen) atoms. The molecule has 0 radical (unpaired) electrons. The Labute approximate surface area is 101 Å². The third-order valence-corrected chi connectivity index (χ3v) is 3.51. The molecular formula is C14H17NO2. The van der Waals surface area contributed by atoms with E-state index in [1.165, 1.54) is 30.4 Å². The molecule has 0 spiro atoms. The molecule has 3 nitrogen and oxygen atoms in total. The average molecular weight is 231 g/mol. The van der Waals surface area contributed by atoms with Crippen molar-refractivity contribution >= 4 is 5.69 Å². The number of nitrogens with zero attached hydrogens (tertiary/aromatic N) is 1. The fraction of sp³-hybridized carbons (Fsp3) is 0.429. The van der Waals surface area contributed by atoms with E-state index in [9.17, 15) is 10.1 Å². The molecule has 0 aliphatic heterocycles. The summed E-state index contributed by atoms with van der Waals surface area (Å²) in [6.07, 6.45) is 5.84. The van der Waals surface area contributed by atoms with Gasteiger partial charge in [-0.25, -0.2) is 0 Å². The predicted molar refractivity (Wildman–Crippen MR) is 67.9 cm³/mol. The van der Waals surface area contributed by atoms with Crippen molar-refractivity contribution in [1.29, 1.82) is 0 Å². The van der Waals surface area contributed by atoms with Crippen LogP contribution in [0.5, 0.6) is 0 Å². The van der Waals surface area contributed by atoms with Gasteiger partial charge in [-0.1, -0.05) is 30.7 Å². The van der Waals surface area contributed by atoms with Crippen LogP contribution in [-0.2, 0) is 6.42 Å². The molecule has 0 saturated heterocycles. The zero-order chi connectivity index (χ0) is 12.3. The predicted octanol–water partition coefficient (Wildman–Crippen LogP) is 3.88. The molecule has 90 valence electrons. The standard InChI is InChI=1S/C14H17NO2/c1-11-4-2-3-5-13(11)10-12-6-8-14(9-7-12)15(16)17/h6-9,13H,1-5,10H2. The Balaban J connectivity index is 2.03. The molecule has 1 aromatic rings. The minimum atomic E-state index is -0.358. The third kappa shape index (κ3) is 2.93. The largest absolute Gasteiger partial charge is 0.269 e. The van der Waals surface area contributed by atoms with Gasteiger partial charge in [-0.15, -0.1) is 0 Å². The van der Waals surface area contributed by atoms with Crippen LogP contribution in [0.25, 0.3) is 0 Å². The summed E-state index contributed by atoms with van der Waals surface area (Å²) in [6.45, 7) is 4.13. The molecule has 1 aliphatic carbocycles. The quantitative estimate of drug-likeness (QED) is 0.450. The molecule has 1 unspecified atom stereocenters. The Kier molecular flexibility index (Phi) is 3.57. The highest BCUT2D eigenvalue weighted by Crippen LogP contribution is 2.30. The molecular weight excluding hydrogens is 214 g/mol. The Morgan fingerprint density at radius 3 is 2.59 bits per heavy atom. The van der Waals surface area contributed by atoms with Gasteiger partial charge in [0.25, 0.3) is 5.69 Å². The summed E-state index contributed by atoms with van der Waals surface area (Å²) >= 11 is 0. The van der Waals surface area contributed by atoms with Crippen LogP contribution in [0.1, 0.15) is 31.2 Å². The highest BCUT2D eigenvalue weighted by Gasteiger charge is 2.17. The van der Waals surface area contributed by atoms with Crippen LogP contribution in [-0.4, -0.2) is 4.92 Å². The number of hydrogen-bond acceptors (Lipinski definition) is 2. The summed E-state index contributed by atoms with van der Waals surface area (Å²) in [5.41, 5.74) is 2.68. The number of rotatable bonds is 3. The lowest BCUT2D eigenvalue weighted by molar-refractivity contribution is -0.384. The Bertz CT molecular complexity index is 422. The van der Waals surface area contributed by atoms with E-state index in [1.807, 2.05) is 12.1 Å². The highest BCUT2D eigenvalue weighted by molar-refractivity contribution is 5.33. The molecule has 0 bridgehead atoms. The van der Waals surface area contributed by atoms with Crippen LogP contribution < -0.4 is 0 Å². The zero-order valence-corrected chi connectivity index (χ0v) is 9.89. The fourth-order valence-electron chi connectivity index (χ4n) is 2.44.